The average molecular weight is 429 g/mol. The molecule has 0 aromatic heterocycles. The summed E-state index contributed by atoms with van der Waals surface area (Å²) in [6.45, 7) is 0.733. The first kappa shape index (κ1) is 19.9. The highest BCUT2D eigenvalue weighted by molar-refractivity contribution is 7.89. The SMILES string of the molecule is O=C(NC1CCN(S(=O)(=O)c2ccc(Cl)cc2)CC1)c1cccc2ccccc12. The molecule has 0 atom stereocenters. The lowest BCUT2D eigenvalue weighted by atomic mass is 10.0. The van der Waals surface area contributed by atoms with E-state index >= 15 is 0 Å². The zero-order valence-corrected chi connectivity index (χ0v) is 17.3. The molecule has 0 unspecified atom stereocenters. The molecule has 1 fully saturated rings. The lowest BCUT2D eigenvalue weighted by Gasteiger charge is -2.31. The van der Waals surface area contributed by atoms with Crippen LogP contribution in [0.2, 0.25) is 5.02 Å². The molecule has 3 aromatic rings. The zero-order chi connectivity index (χ0) is 20.4. The largest absolute Gasteiger partial charge is 0.349 e. The number of benzene rings is 3. The zero-order valence-electron chi connectivity index (χ0n) is 15.7. The minimum Gasteiger partial charge on any atom is -0.349 e. The molecule has 1 amide bonds. The first-order chi connectivity index (χ1) is 13.9. The van der Waals surface area contributed by atoms with Crippen LogP contribution in [0.5, 0.6) is 0 Å². The van der Waals surface area contributed by atoms with Gasteiger partial charge in [0, 0.05) is 29.7 Å². The van der Waals surface area contributed by atoms with Gasteiger partial charge in [-0.1, -0.05) is 48.0 Å². The summed E-state index contributed by atoms with van der Waals surface area (Å²) in [5, 5.41) is 5.50. The normalized spacial score (nSPS) is 16.0. The number of carbonyl (C=O) groups is 1. The molecule has 0 saturated carbocycles. The summed E-state index contributed by atoms with van der Waals surface area (Å²) in [6.07, 6.45) is 1.15. The van der Waals surface area contributed by atoms with Gasteiger partial charge >= 0.3 is 0 Å². The number of sulfonamides is 1. The molecular weight excluding hydrogens is 408 g/mol. The molecule has 1 aliphatic heterocycles. The molecule has 3 aromatic carbocycles. The molecular formula is C22H21ClN2O3S. The van der Waals surface area contributed by atoms with Crippen LogP contribution in [0.1, 0.15) is 23.2 Å². The second-order valence-electron chi connectivity index (χ2n) is 7.13. The maximum atomic E-state index is 12.8. The molecule has 29 heavy (non-hydrogen) atoms. The van der Waals surface area contributed by atoms with E-state index in [9.17, 15) is 13.2 Å². The van der Waals surface area contributed by atoms with Crippen molar-refractivity contribution in [3.63, 3.8) is 0 Å². The summed E-state index contributed by atoms with van der Waals surface area (Å²) in [5.41, 5.74) is 0.638. The van der Waals surface area contributed by atoms with Gasteiger partial charge in [0.25, 0.3) is 5.91 Å². The number of amides is 1. The Morgan fingerprint density at radius 1 is 0.931 bits per heavy atom. The molecule has 1 heterocycles. The molecule has 7 heteroatoms. The van der Waals surface area contributed by atoms with Crippen molar-refractivity contribution in [2.75, 3.05) is 13.1 Å². The lowest BCUT2D eigenvalue weighted by Crippen LogP contribution is -2.46. The predicted octanol–water partition coefficient (Wildman–Crippen LogP) is 4.08. The van der Waals surface area contributed by atoms with Gasteiger partial charge in [0.1, 0.15) is 0 Å². The van der Waals surface area contributed by atoms with Crippen LogP contribution in [-0.2, 0) is 10.0 Å². The first-order valence-electron chi connectivity index (χ1n) is 9.49. The second-order valence-corrected chi connectivity index (χ2v) is 9.51. The van der Waals surface area contributed by atoms with Crippen LogP contribution in [0, 0.1) is 0 Å². The molecule has 0 aliphatic carbocycles. The molecule has 4 rings (SSSR count). The van der Waals surface area contributed by atoms with Gasteiger partial charge in [-0.2, -0.15) is 4.31 Å². The van der Waals surface area contributed by atoms with Gasteiger partial charge in [-0.05, 0) is 53.9 Å². The van der Waals surface area contributed by atoms with Gasteiger partial charge in [-0.25, -0.2) is 8.42 Å². The Balaban J connectivity index is 1.42. The van der Waals surface area contributed by atoms with E-state index in [1.165, 1.54) is 16.4 Å². The Hall–Kier alpha value is -2.41. The standard InChI is InChI=1S/C22H21ClN2O3S/c23-17-8-10-19(11-9-17)29(27,28)25-14-12-18(13-15-25)24-22(26)21-7-3-5-16-4-1-2-6-20(16)21/h1-11,18H,12-15H2,(H,24,26). The van der Waals surface area contributed by atoms with Crippen LogP contribution in [0.15, 0.2) is 71.6 Å². The van der Waals surface area contributed by atoms with Crippen LogP contribution >= 0.6 is 11.6 Å². The third-order valence-corrected chi connectivity index (χ3v) is 7.44. The summed E-state index contributed by atoms with van der Waals surface area (Å²) >= 11 is 5.85. The fraction of sp³-hybridized carbons (Fsp3) is 0.227. The summed E-state index contributed by atoms with van der Waals surface area (Å²) in [4.78, 5) is 13.0. The van der Waals surface area contributed by atoms with E-state index in [4.69, 9.17) is 11.6 Å². The molecule has 0 spiro atoms. The molecule has 1 saturated heterocycles. The van der Waals surface area contributed by atoms with Crippen molar-refractivity contribution >= 4 is 38.3 Å². The predicted molar refractivity (Wildman–Crippen MR) is 115 cm³/mol. The van der Waals surface area contributed by atoms with E-state index in [-0.39, 0.29) is 16.8 Å². The number of nitrogens with one attached hydrogen (secondary N) is 1. The van der Waals surface area contributed by atoms with Crippen molar-refractivity contribution in [3.8, 4) is 0 Å². The summed E-state index contributed by atoms with van der Waals surface area (Å²) in [5.74, 6) is -0.124. The maximum absolute atomic E-state index is 12.8. The summed E-state index contributed by atoms with van der Waals surface area (Å²) < 4.78 is 27.1. The van der Waals surface area contributed by atoms with Gasteiger partial charge in [-0.3, -0.25) is 4.79 Å². The number of piperidine rings is 1. The number of hydrogen-bond donors (Lipinski definition) is 1. The summed E-state index contributed by atoms with van der Waals surface area (Å²) in [6, 6.07) is 19.6. The number of carbonyl (C=O) groups excluding carboxylic acids is 1. The Labute approximate surface area is 175 Å². The maximum Gasteiger partial charge on any atom is 0.252 e. The highest BCUT2D eigenvalue weighted by Crippen LogP contribution is 2.23. The highest BCUT2D eigenvalue weighted by atomic mass is 35.5. The fourth-order valence-electron chi connectivity index (χ4n) is 3.68. The number of halogens is 1. The van der Waals surface area contributed by atoms with Gasteiger partial charge in [0.2, 0.25) is 10.0 Å². The van der Waals surface area contributed by atoms with E-state index in [0.29, 0.717) is 36.5 Å². The van der Waals surface area contributed by atoms with Crippen LogP contribution in [-0.4, -0.2) is 37.8 Å². The number of nitrogens with zero attached hydrogens (tertiary/aromatic N) is 1. The van der Waals surface area contributed by atoms with E-state index in [1.54, 1.807) is 12.1 Å². The van der Waals surface area contributed by atoms with Crippen LogP contribution < -0.4 is 5.32 Å². The quantitative estimate of drug-likeness (QED) is 0.681. The van der Waals surface area contributed by atoms with Gasteiger partial charge in [0.15, 0.2) is 0 Å². The van der Waals surface area contributed by atoms with E-state index < -0.39 is 10.0 Å². The third kappa shape index (κ3) is 4.15. The monoisotopic (exact) mass is 428 g/mol. The van der Waals surface area contributed by atoms with Crippen molar-refractivity contribution < 1.29 is 13.2 Å². The third-order valence-electron chi connectivity index (χ3n) is 5.27. The smallest absolute Gasteiger partial charge is 0.252 e. The van der Waals surface area contributed by atoms with Crippen molar-refractivity contribution in [2.45, 2.75) is 23.8 Å². The van der Waals surface area contributed by atoms with E-state index in [2.05, 4.69) is 5.32 Å². The Bertz CT molecular complexity index is 1130. The number of rotatable bonds is 4. The highest BCUT2D eigenvalue weighted by Gasteiger charge is 2.30. The number of hydrogen-bond acceptors (Lipinski definition) is 3. The molecule has 0 radical (unpaired) electrons. The van der Waals surface area contributed by atoms with E-state index in [1.807, 2.05) is 42.5 Å². The first-order valence-corrected chi connectivity index (χ1v) is 11.3. The molecule has 0 bridgehead atoms. The fourth-order valence-corrected chi connectivity index (χ4v) is 5.28. The molecule has 150 valence electrons. The summed E-state index contributed by atoms with van der Waals surface area (Å²) in [7, 11) is -3.55. The van der Waals surface area contributed by atoms with Crippen LogP contribution in [0.25, 0.3) is 10.8 Å². The minimum absolute atomic E-state index is 0.0573. The van der Waals surface area contributed by atoms with Gasteiger partial charge < -0.3 is 5.32 Å². The van der Waals surface area contributed by atoms with Crippen molar-refractivity contribution in [2.24, 2.45) is 0 Å². The molecule has 1 N–H and O–H groups in total. The Morgan fingerprint density at radius 2 is 1.59 bits per heavy atom. The second kappa shape index (κ2) is 8.14. The van der Waals surface area contributed by atoms with Crippen molar-refractivity contribution in [1.82, 2.24) is 9.62 Å². The van der Waals surface area contributed by atoms with Crippen molar-refractivity contribution in [3.05, 3.63) is 77.3 Å². The number of fused-ring (bicyclic) bond motifs is 1. The average Bonchev–Trinajstić information content (AvgIpc) is 2.74. The lowest BCUT2D eigenvalue weighted by molar-refractivity contribution is 0.0925. The van der Waals surface area contributed by atoms with E-state index in [0.717, 1.165) is 10.8 Å². The molecule has 5 nitrogen and oxygen atoms in total. The molecule has 1 aliphatic rings. The minimum atomic E-state index is -3.55. The Kier molecular flexibility index (Phi) is 5.58. The van der Waals surface area contributed by atoms with Gasteiger partial charge in [0.05, 0.1) is 4.90 Å². The topological polar surface area (TPSA) is 66.5 Å². The Morgan fingerprint density at radius 3 is 2.31 bits per heavy atom. The van der Waals surface area contributed by atoms with Crippen LogP contribution in [0.4, 0.5) is 0 Å². The van der Waals surface area contributed by atoms with Crippen LogP contribution in [0.3, 0.4) is 0 Å². The van der Waals surface area contributed by atoms with Crippen molar-refractivity contribution in [1.29, 1.82) is 0 Å². The van der Waals surface area contributed by atoms with Gasteiger partial charge in [-0.15, -0.1) is 0 Å².